The van der Waals surface area contributed by atoms with E-state index in [2.05, 4.69) is 40.8 Å². The molecule has 0 fully saturated rings. The van der Waals surface area contributed by atoms with Crippen molar-refractivity contribution in [2.45, 2.75) is 65.1 Å². The van der Waals surface area contributed by atoms with Gasteiger partial charge < -0.3 is 9.53 Å². The molecule has 0 heterocycles. The molecule has 0 aromatic carbocycles. The summed E-state index contributed by atoms with van der Waals surface area (Å²) in [5.41, 5.74) is 0. The van der Waals surface area contributed by atoms with Crippen LogP contribution in [0.15, 0.2) is 0 Å². The van der Waals surface area contributed by atoms with E-state index in [1.807, 2.05) is 0 Å². The number of rotatable bonds is 7. The molecule has 2 nitrogen and oxygen atoms in total. The molecule has 0 saturated heterocycles. The van der Waals surface area contributed by atoms with Gasteiger partial charge in [0, 0.05) is 13.2 Å². The highest BCUT2D eigenvalue weighted by Crippen LogP contribution is 2.36. The lowest BCUT2D eigenvalue weighted by Gasteiger charge is -2.36. The Morgan fingerprint density at radius 3 is 2.19 bits per heavy atom. The van der Waals surface area contributed by atoms with Crippen LogP contribution >= 0.6 is 0 Å². The predicted octanol–water partition coefficient (Wildman–Crippen LogP) is 3.81. The van der Waals surface area contributed by atoms with Crippen LogP contribution in [0, 0.1) is 5.92 Å². The van der Waals surface area contributed by atoms with Gasteiger partial charge in [-0.15, -0.1) is 0 Å². The maximum absolute atomic E-state index is 8.75. The lowest BCUT2D eigenvalue weighted by Crippen LogP contribution is -2.41. The van der Waals surface area contributed by atoms with E-state index in [9.17, 15) is 0 Å². The lowest BCUT2D eigenvalue weighted by atomic mass is 10.0. The van der Waals surface area contributed by atoms with Crippen molar-refractivity contribution in [3.05, 3.63) is 0 Å². The molecule has 0 saturated carbocycles. The van der Waals surface area contributed by atoms with E-state index in [0.717, 1.165) is 25.9 Å². The SMILES string of the molecule is C[C@@H](CCCO)CCO[Si](C)(C)C(C)(C)C. The second-order valence-corrected chi connectivity index (χ2v) is 11.2. The second-order valence-electron chi connectivity index (χ2n) is 6.37. The standard InChI is InChI=1S/C13H30O2Si/c1-12(8-7-10-14)9-11-15-16(5,6)13(2,3)4/h12,14H,7-11H2,1-6H3/t12-/m0/s1. The Hall–Kier alpha value is 0.137. The molecule has 0 aromatic heterocycles. The monoisotopic (exact) mass is 246 g/mol. The molecule has 0 aromatic rings. The van der Waals surface area contributed by atoms with Gasteiger partial charge in [0.1, 0.15) is 0 Å². The molecular weight excluding hydrogens is 216 g/mol. The molecule has 0 aliphatic rings. The van der Waals surface area contributed by atoms with Crippen LogP contribution in [-0.4, -0.2) is 26.6 Å². The fraction of sp³-hybridized carbons (Fsp3) is 1.00. The molecule has 3 heteroatoms. The van der Waals surface area contributed by atoms with Crippen LogP contribution in [0.1, 0.15) is 47.0 Å². The van der Waals surface area contributed by atoms with Gasteiger partial charge in [-0.05, 0) is 43.3 Å². The maximum atomic E-state index is 8.75. The first-order chi connectivity index (χ1) is 7.20. The van der Waals surface area contributed by atoms with Crippen molar-refractivity contribution < 1.29 is 9.53 Å². The van der Waals surface area contributed by atoms with E-state index in [1.54, 1.807) is 0 Å². The number of aliphatic hydroxyl groups is 1. The Kier molecular flexibility index (Phi) is 6.83. The maximum Gasteiger partial charge on any atom is 0.191 e. The van der Waals surface area contributed by atoms with Gasteiger partial charge in [0.15, 0.2) is 8.32 Å². The third-order valence-corrected chi connectivity index (χ3v) is 8.27. The van der Waals surface area contributed by atoms with Gasteiger partial charge in [0.25, 0.3) is 0 Å². The Balaban J connectivity index is 3.81. The van der Waals surface area contributed by atoms with E-state index in [0.29, 0.717) is 17.6 Å². The molecule has 16 heavy (non-hydrogen) atoms. The van der Waals surface area contributed by atoms with Gasteiger partial charge in [0.2, 0.25) is 0 Å². The molecule has 0 amide bonds. The Morgan fingerprint density at radius 1 is 1.19 bits per heavy atom. The summed E-state index contributed by atoms with van der Waals surface area (Å²) in [5, 5.41) is 9.06. The minimum Gasteiger partial charge on any atom is -0.417 e. The van der Waals surface area contributed by atoms with Crippen molar-refractivity contribution in [3.8, 4) is 0 Å². The molecule has 1 N–H and O–H groups in total. The second kappa shape index (κ2) is 6.77. The van der Waals surface area contributed by atoms with Gasteiger partial charge in [-0.3, -0.25) is 0 Å². The van der Waals surface area contributed by atoms with Crippen LogP contribution in [0.3, 0.4) is 0 Å². The van der Waals surface area contributed by atoms with Gasteiger partial charge in [0.05, 0.1) is 0 Å². The van der Waals surface area contributed by atoms with Crippen LogP contribution < -0.4 is 0 Å². The summed E-state index contributed by atoms with van der Waals surface area (Å²) in [6.07, 6.45) is 3.14. The summed E-state index contributed by atoms with van der Waals surface area (Å²) in [7, 11) is -1.55. The minimum absolute atomic E-state index is 0.307. The topological polar surface area (TPSA) is 29.5 Å². The van der Waals surface area contributed by atoms with Crippen molar-refractivity contribution in [1.82, 2.24) is 0 Å². The third kappa shape index (κ3) is 6.02. The normalized spacial score (nSPS) is 15.2. The Labute approximate surface area is 103 Å². The highest BCUT2D eigenvalue weighted by atomic mass is 28.4. The lowest BCUT2D eigenvalue weighted by molar-refractivity contribution is 0.239. The molecule has 0 aliphatic heterocycles. The molecule has 98 valence electrons. The first-order valence-electron chi connectivity index (χ1n) is 6.45. The van der Waals surface area contributed by atoms with Crippen LogP contribution in [0.2, 0.25) is 18.1 Å². The van der Waals surface area contributed by atoms with Crippen molar-refractivity contribution in [2.75, 3.05) is 13.2 Å². The van der Waals surface area contributed by atoms with E-state index < -0.39 is 8.32 Å². The highest BCUT2D eigenvalue weighted by molar-refractivity contribution is 6.74. The molecule has 0 bridgehead atoms. The van der Waals surface area contributed by atoms with Crippen LogP contribution in [0.5, 0.6) is 0 Å². The average molecular weight is 246 g/mol. The van der Waals surface area contributed by atoms with Gasteiger partial charge in [-0.2, -0.15) is 0 Å². The van der Waals surface area contributed by atoms with E-state index >= 15 is 0 Å². The number of aliphatic hydroxyl groups excluding tert-OH is 1. The molecule has 1 atom stereocenters. The molecule has 0 spiro atoms. The smallest absolute Gasteiger partial charge is 0.191 e. The zero-order valence-electron chi connectivity index (χ0n) is 12.0. The average Bonchev–Trinajstić information content (AvgIpc) is 2.12. The summed E-state index contributed by atoms with van der Waals surface area (Å²) >= 11 is 0. The fourth-order valence-corrected chi connectivity index (χ4v) is 2.38. The zero-order chi connectivity index (χ0) is 12.8. The van der Waals surface area contributed by atoms with E-state index in [4.69, 9.17) is 9.53 Å². The Bertz CT molecular complexity index is 185. The van der Waals surface area contributed by atoms with Crippen molar-refractivity contribution in [2.24, 2.45) is 5.92 Å². The molecule has 0 radical (unpaired) electrons. The first kappa shape index (κ1) is 16.1. The quantitative estimate of drug-likeness (QED) is 0.692. The minimum atomic E-state index is -1.55. The van der Waals surface area contributed by atoms with Gasteiger partial charge in [-0.25, -0.2) is 0 Å². The highest BCUT2D eigenvalue weighted by Gasteiger charge is 2.36. The predicted molar refractivity (Wildman–Crippen MR) is 73.2 cm³/mol. The summed E-state index contributed by atoms with van der Waals surface area (Å²) in [6.45, 7) is 14.8. The van der Waals surface area contributed by atoms with Crippen LogP contribution in [0.25, 0.3) is 0 Å². The largest absolute Gasteiger partial charge is 0.417 e. The van der Waals surface area contributed by atoms with Crippen molar-refractivity contribution in [3.63, 3.8) is 0 Å². The van der Waals surface area contributed by atoms with Gasteiger partial charge in [-0.1, -0.05) is 27.7 Å². The first-order valence-corrected chi connectivity index (χ1v) is 9.36. The van der Waals surface area contributed by atoms with E-state index in [-0.39, 0.29) is 0 Å². The molecule has 0 rings (SSSR count). The summed E-state index contributed by atoms with van der Waals surface area (Å²) in [6, 6.07) is 0. The number of hydrogen-bond donors (Lipinski definition) is 1. The molecule has 0 unspecified atom stereocenters. The summed E-state index contributed by atoms with van der Waals surface area (Å²) < 4.78 is 6.12. The van der Waals surface area contributed by atoms with Crippen molar-refractivity contribution >= 4 is 8.32 Å². The van der Waals surface area contributed by atoms with E-state index in [1.165, 1.54) is 0 Å². The third-order valence-electron chi connectivity index (χ3n) is 3.73. The summed E-state index contributed by atoms with van der Waals surface area (Å²) in [4.78, 5) is 0. The number of hydrogen-bond acceptors (Lipinski definition) is 2. The van der Waals surface area contributed by atoms with Gasteiger partial charge >= 0.3 is 0 Å². The van der Waals surface area contributed by atoms with Crippen LogP contribution in [0.4, 0.5) is 0 Å². The molecule has 0 aliphatic carbocycles. The fourth-order valence-electron chi connectivity index (χ4n) is 1.32. The summed E-state index contributed by atoms with van der Waals surface area (Å²) in [5.74, 6) is 0.664. The zero-order valence-corrected chi connectivity index (χ0v) is 13.0. The Morgan fingerprint density at radius 2 is 1.75 bits per heavy atom. The van der Waals surface area contributed by atoms with Crippen molar-refractivity contribution in [1.29, 1.82) is 0 Å². The van der Waals surface area contributed by atoms with Crippen LogP contribution in [-0.2, 0) is 4.43 Å². The molecular formula is C13H30O2Si.